The first-order chi connectivity index (χ1) is 8.70. The molecule has 5 nitrogen and oxygen atoms in total. The molecule has 0 aromatic carbocycles. The fourth-order valence-electron chi connectivity index (χ4n) is 2.41. The van der Waals surface area contributed by atoms with Crippen molar-refractivity contribution in [1.82, 2.24) is 19.8 Å². The van der Waals surface area contributed by atoms with Gasteiger partial charge in [-0.2, -0.15) is 0 Å². The van der Waals surface area contributed by atoms with Crippen LogP contribution in [-0.2, 0) is 7.05 Å². The molecule has 1 aromatic rings. The van der Waals surface area contributed by atoms with E-state index < -0.39 is 0 Å². The Balaban J connectivity index is 2.01. The molecule has 1 N–H and O–H groups in total. The highest BCUT2D eigenvalue weighted by Crippen LogP contribution is 2.10. The molecule has 0 saturated carbocycles. The fourth-order valence-corrected chi connectivity index (χ4v) is 2.41. The first kappa shape index (κ1) is 13.1. The fraction of sp³-hybridized carbons (Fsp3) is 0.692. The monoisotopic (exact) mass is 250 g/mol. The number of hydrogen-bond acceptors (Lipinski definition) is 3. The number of imidazole rings is 1. The largest absolute Gasteiger partial charge is 0.340 e. The van der Waals surface area contributed by atoms with E-state index in [1.807, 2.05) is 16.5 Å². The van der Waals surface area contributed by atoms with E-state index in [0.29, 0.717) is 11.7 Å². The van der Waals surface area contributed by atoms with E-state index in [0.717, 1.165) is 32.5 Å². The minimum atomic E-state index is 0.0474. The van der Waals surface area contributed by atoms with E-state index in [1.54, 1.807) is 12.5 Å². The van der Waals surface area contributed by atoms with Gasteiger partial charge in [-0.3, -0.25) is 4.79 Å². The summed E-state index contributed by atoms with van der Waals surface area (Å²) in [7, 11) is 1.88. The lowest BCUT2D eigenvalue weighted by molar-refractivity contribution is 0.0736. The van der Waals surface area contributed by atoms with Crippen molar-refractivity contribution >= 4 is 5.91 Å². The number of carbonyl (C=O) groups excluding carboxylic acids is 1. The van der Waals surface area contributed by atoms with Crippen LogP contribution < -0.4 is 5.32 Å². The Morgan fingerprint density at radius 2 is 2.50 bits per heavy atom. The van der Waals surface area contributed by atoms with Crippen LogP contribution in [0.15, 0.2) is 12.5 Å². The van der Waals surface area contributed by atoms with Gasteiger partial charge in [-0.05, 0) is 25.8 Å². The van der Waals surface area contributed by atoms with E-state index in [4.69, 9.17) is 0 Å². The van der Waals surface area contributed by atoms with Crippen LogP contribution in [0, 0.1) is 0 Å². The van der Waals surface area contributed by atoms with Crippen LogP contribution in [0.4, 0.5) is 0 Å². The third-order valence-corrected chi connectivity index (χ3v) is 3.31. The summed E-state index contributed by atoms with van der Waals surface area (Å²) in [6.07, 6.45) is 6.81. The molecule has 0 aliphatic carbocycles. The second-order valence-corrected chi connectivity index (χ2v) is 4.97. The molecule has 1 saturated heterocycles. The van der Waals surface area contributed by atoms with Gasteiger partial charge < -0.3 is 14.8 Å². The van der Waals surface area contributed by atoms with Gasteiger partial charge in [-0.1, -0.05) is 6.92 Å². The topological polar surface area (TPSA) is 50.2 Å². The highest BCUT2D eigenvalue weighted by Gasteiger charge is 2.22. The van der Waals surface area contributed by atoms with Crippen molar-refractivity contribution in [3.63, 3.8) is 0 Å². The quantitative estimate of drug-likeness (QED) is 0.849. The number of aryl methyl sites for hydroxylation is 1. The first-order valence-electron chi connectivity index (χ1n) is 6.71. The summed E-state index contributed by atoms with van der Waals surface area (Å²) in [6, 6.07) is 0.448. The molecule has 5 heteroatoms. The van der Waals surface area contributed by atoms with E-state index in [1.165, 1.54) is 6.42 Å². The number of nitrogens with one attached hydrogen (secondary N) is 1. The van der Waals surface area contributed by atoms with Crippen molar-refractivity contribution in [1.29, 1.82) is 0 Å². The van der Waals surface area contributed by atoms with Crippen LogP contribution >= 0.6 is 0 Å². The van der Waals surface area contributed by atoms with E-state index >= 15 is 0 Å². The zero-order chi connectivity index (χ0) is 13.0. The van der Waals surface area contributed by atoms with Gasteiger partial charge >= 0.3 is 0 Å². The van der Waals surface area contributed by atoms with Crippen molar-refractivity contribution in [3.8, 4) is 0 Å². The summed E-state index contributed by atoms with van der Waals surface area (Å²) < 4.78 is 1.81. The van der Waals surface area contributed by atoms with E-state index in [9.17, 15) is 4.79 Å². The molecule has 0 spiro atoms. The molecule has 1 aliphatic rings. The summed E-state index contributed by atoms with van der Waals surface area (Å²) in [5.74, 6) is 0.0474. The van der Waals surface area contributed by atoms with Gasteiger partial charge in [0.25, 0.3) is 5.91 Å². The molecular formula is C13H22N4O. The average molecular weight is 250 g/mol. The van der Waals surface area contributed by atoms with Crippen molar-refractivity contribution in [3.05, 3.63) is 18.2 Å². The summed E-state index contributed by atoms with van der Waals surface area (Å²) in [4.78, 5) is 18.4. The molecule has 1 aromatic heterocycles. The van der Waals surface area contributed by atoms with Crippen LogP contribution in [0.2, 0.25) is 0 Å². The average Bonchev–Trinajstić information content (AvgIpc) is 2.99. The van der Waals surface area contributed by atoms with Gasteiger partial charge in [0.05, 0.1) is 6.33 Å². The van der Waals surface area contributed by atoms with E-state index in [-0.39, 0.29) is 5.91 Å². The Kier molecular flexibility index (Phi) is 4.36. The number of nitrogens with zero attached hydrogens (tertiary/aromatic N) is 3. The summed E-state index contributed by atoms with van der Waals surface area (Å²) in [5, 5.41) is 3.44. The Morgan fingerprint density at radius 1 is 1.67 bits per heavy atom. The van der Waals surface area contributed by atoms with Crippen molar-refractivity contribution in [2.45, 2.75) is 32.2 Å². The molecule has 18 heavy (non-hydrogen) atoms. The lowest BCUT2D eigenvalue weighted by Gasteiger charge is -2.24. The van der Waals surface area contributed by atoms with Crippen LogP contribution in [0.3, 0.4) is 0 Å². The standard InChI is InChI=1S/C13H22N4O/c1-3-7-17(8-11-5-4-6-14-11)13(18)12-9-16(2)10-15-12/h9-11,14H,3-8H2,1-2H3. The predicted octanol–water partition coefficient (Wildman–Crippen LogP) is 1.02. The molecule has 1 amide bonds. The maximum Gasteiger partial charge on any atom is 0.274 e. The Labute approximate surface area is 108 Å². The number of rotatable bonds is 5. The predicted molar refractivity (Wildman–Crippen MR) is 70.4 cm³/mol. The molecule has 1 unspecified atom stereocenters. The van der Waals surface area contributed by atoms with Gasteiger partial charge in [0.2, 0.25) is 0 Å². The van der Waals surface area contributed by atoms with Gasteiger partial charge in [0.15, 0.2) is 0 Å². The summed E-state index contributed by atoms with van der Waals surface area (Å²) >= 11 is 0. The summed E-state index contributed by atoms with van der Waals surface area (Å²) in [6.45, 7) is 4.76. The molecule has 1 aliphatic heterocycles. The number of carbonyl (C=O) groups is 1. The second-order valence-electron chi connectivity index (χ2n) is 4.97. The molecule has 1 fully saturated rings. The van der Waals surface area contributed by atoms with Crippen molar-refractivity contribution in [2.75, 3.05) is 19.6 Å². The third kappa shape index (κ3) is 3.10. The van der Waals surface area contributed by atoms with Gasteiger partial charge in [0.1, 0.15) is 5.69 Å². The van der Waals surface area contributed by atoms with Crippen molar-refractivity contribution < 1.29 is 4.79 Å². The minimum Gasteiger partial charge on any atom is -0.340 e. The Hall–Kier alpha value is -1.36. The van der Waals surface area contributed by atoms with Gasteiger partial charge in [-0.25, -0.2) is 4.98 Å². The highest BCUT2D eigenvalue weighted by molar-refractivity contribution is 5.92. The van der Waals surface area contributed by atoms with Gasteiger partial charge in [0, 0.05) is 32.4 Å². The Morgan fingerprint density at radius 3 is 3.06 bits per heavy atom. The highest BCUT2D eigenvalue weighted by atomic mass is 16.2. The van der Waals surface area contributed by atoms with Crippen LogP contribution in [0.5, 0.6) is 0 Å². The van der Waals surface area contributed by atoms with E-state index in [2.05, 4.69) is 17.2 Å². The van der Waals surface area contributed by atoms with Crippen LogP contribution in [-0.4, -0.2) is 46.0 Å². The van der Waals surface area contributed by atoms with Crippen LogP contribution in [0.1, 0.15) is 36.7 Å². The zero-order valence-electron chi connectivity index (χ0n) is 11.2. The first-order valence-corrected chi connectivity index (χ1v) is 6.71. The number of aromatic nitrogens is 2. The lowest BCUT2D eigenvalue weighted by atomic mass is 10.2. The van der Waals surface area contributed by atoms with Gasteiger partial charge in [-0.15, -0.1) is 0 Å². The molecule has 0 radical (unpaired) electrons. The molecule has 2 rings (SSSR count). The third-order valence-electron chi connectivity index (χ3n) is 3.31. The smallest absolute Gasteiger partial charge is 0.274 e. The second kappa shape index (κ2) is 6.00. The molecule has 1 atom stereocenters. The summed E-state index contributed by atoms with van der Waals surface area (Å²) in [5.41, 5.74) is 0.545. The normalized spacial score (nSPS) is 19.1. The SMILES string of the molecule is CCCN(CC1CCCN1)C(=O)c1cn(C)cn1. The van der Waals surface area contributed by atoms with Crippen molar-refractivity contribution in [2.24, 2.45) is 7.05 Å². The molecular weight excluding hydrogens is 228 g/mol. The molecule has 2 heterocycles. The van der Waals surface area contributed by atoms with Crippen LogP contribution in [0.25, 0.3) is 0 Å². The maximum absolute atomic E-state index is 12.4. The lowest BCUT2D eigenvalue weighted by Crippen LogP contribution is -2.41. The Bertz CT molecular complexity index is 395. The number of hydrogen-bond donors (Lipinski definition) is 1. The maximum atomic E-state index is 12.4. The molecule has 100 valence electrons. The minimum absolute atomic E-state index is 0.0474. The zero-order valence-corrected chi connectivity index (χ0v) is 11.2. The molecule has 0 bridgehead atoms. The number of amides is 1.